The van der Waals surface area contributed by atoms with Crippen LogP contribution in [0.15, 0.2) is 18.2 Å². The minimum absolute atomic E-state index is 0.139. The quantitative estimate of drug-likeness (QED) is 0.680. The lowest BCUT2D eigenvalue weighted by molar-refractivity contribution is -0.123. The molecular weight excluding hydrogens is 329 g/mol. The molecule has 3 N–H and O–H groups in total. The van der Waals surface area contributed by atoms with E-state index in [0.717, 1.165) is 0 Å². The van der Waals surface area contributed by atoms with Crippen molar-refractivity contribution in [1.82, 2.24) is 16.0 Å². The molecule has 1 rings (SSSR count). The van der Waals surface area contributed by atoms with Crippen molar-refractivity contribution >= 4 is 40.9 Å². The minimum atomic E-state index is -0.750. The summed E-state index contributed by atoms with van der Waals surface area (Å²) >= 11 is 11.8. The Hall–Kier alpha value is -1.79. The van der Waals surface area contributed by atoms with Gasteiger partial charge in [0.2, 0.25) is 11.8 Å². The topological polar surface area (TPSA) is 87.3 Å². The van der Waals surface area contributed by atoms with Crippen LogP contribution in [-0.4, -0.2) is 36.9 Å². The van der Waals surface area contributed by atoms with Crippen molar-refractivity contribution in [2.45, 2.75) is 19.9 Å². The van der Waals surface area contributed by atoms with Crippen molar-refractivity contribution in [1.29, 1.82) is 0 Å². The third-order valence-corrected chi connectivity index (χ3v) is 3.55. The largest absolute Gasteiger partial charge is 0.355 e. The van der Waals surface area contributed by atoms with Gasteiger partial charge in [-0.15, -0.1) is 0 Å². The zero-order valence-electron chi connectivity index (χ0n) is 12.2. The summed E-state index contributed by atoms with van der Waals surface area (Å²) in [6.45, 7) is 3.53. The molecule has 0 saturated heterocycles. The number of hydrogen-bond acceptors (Lipinski definition) is 3. The van der Waals surface area contributed by atoms with Gasteiger partial charge in [-0.3, -0.25) is 14.4 Å². The fourth-order valence-corrected chi connectivity index (χ4v) is 1.98. The van der Waals surface area contributed by atoms with Crippen molar-refractivity contribution in [2.24, 2.45) is 0 Å². The molecule has 22 heavy (non-hydrogen) atoms. The van der Waals surface area contributed by atoms with Gasteiger partial charge in [-0.2, -0.15) is 0 Å². The van der Waals surface area contributed by atoms with E-state index in [2.05, 4.69) is 16.0 Å². The van der Waals surface area contributed by atoms with Gasteiger partial charge in [-0.05, 0) is 19.1 Å². The van der Waals surface area contributed by atoms with Gasteiger partial charge in [0.15, 0.2) is 0 Å². The summed E-state index contributed by atoms with van der Waals surface area (Å²) in [4.78, 5) is 34.5. The van der Waals surface area contributed by atoms with E-state index >= 15 is 0 Å². The Bertz CT molecular complexity index is 578. The maximum Gasteiger partial charge on any atom is 0.253 e. The summed E-state index contributed by atoms with van der Waals surface area (Å²) in [6.07, 6.45) is 0. The van der Waals surface area contributed by atoms with E-state index in [0.29, 0.717) is 6.54 Å². The zero-order valence-corrected chi connectivity index (χ0v) is 13.7. The van der Waals surface area contributed by atoms with Gasteiger partial charge in [0.1, 0.15) is 6.04 Å². The zero-order chi connectivity index (χ0) is 16.7. The normalized spacial score (nSPS) is 11.5. The van der Waals surface area contributed by atoms with E-state index in [-0.39, 0.29) is 34.0 Å². The van der Waals surface area contributed by atoms with Gasteiger partial charge in [0.25, 0.3) is 5.91 Å². The first-order valence-electron chi connectivity index (χ1n) is 6.60. The number of benzene rings is 1. The molecule has 0 aliphatic rings. The molecule has 0 spiro atoms. The van der Waals surface area contributed by atoms with E-state index in [9.17, 15) is 14.4 Å². The molecule has 0 fully saturated rings. The van der Waals surface area contributed by atoms with Crippen molar-refractivity contribution in [3.8, 4) is 0 Å². The Labute approximate surface area is 138 Å². The van der Waals surface area contributed by atoms with E-state index in [1.54, 1.807) is 19.1 Å². The average molecular weight is 346 g/mol. The Kier molecular flexibility index (Phi) is 7.14. The van der Waals surface area contributed by atoms with Crippen molar-refractivity contribution < 1.29 is 14.4 Å². The third-order valence-electron chi connectivity index (χ3n) is 2.74. The van der Waals surface area contributed by atoms with Crippen LogP contribution in [0.2, 0.25) is 10.0 Å². The first-order valence-corrected chi connectivity index (χ1v) is 7.35. The number of carbonyl (C=O) groups excluding carboxylic acids is 3. The molecule has 1 aromatic rings. The van der Waals surface area contributed by atoms with E-state index in [1.165, 1.54) is 13.0 Å². The highest BCUT2D eigenvalue weighted by molar-refractivity contribution is 6.43. The fraction of sp³-hybridized carbons (Fsp3) is 0.357. The molecule has 0 unspecified atom stereocenters. The molecule has 1 atom stereocenters. The van der Waals surface area contributed by atoms with Crippen LogP contribution < -0.4 is 16.0 Å². The van der Waals surface area contributed by atoms with Crippen LogP contribution in [0, 0.1) is 0 Å². The molecule has 0 radical (unpaired) electrons. The highest BCUT2D eigenvalue weighted by Crippen LogP contribution is 2.25. The van der Waals surface area contributed by atoms with Crippen LogP contribution in [0.4, 0.5) is 0 Å². The number of nitrogens with one attached hydrogen (secondary N) is 3. The molecule has 1 aromatic carbocycles. The second kappa shape index (κ2) is 8.60. The molecule has 0 saturated carbocycles. The lowest BCUT2D eigenvalue weighted by atomic mass is 10.2. The van der Waals surface area contributed by atoms with Gasteiger partial charge < -0.3 is 16.0 Å². The maximum absolute atomic E-state index is 12.1. The fourth-order valence-electron chi connectivity index (χ4n) is 1.60. The smallest absolute Gasteiger partial charge is 0.253 e. The molecule has 0 aromatic heterocycles. The highest BCUT2D eigenvalue weighted by Gasteiger charge is 2.18. The van der Waals surface area contributed by atoms with Gasteiger partial charge in [-0.25, -0.2) is 0 Å². The first-order chi connectivity index (χ1) is 10.3. The van der Waals surface area contributed by atoms with E-state index in [4.69, 9.17) is 23.2 Å². The van der Waals surface area contributed by atoms with Crippen molar-refractivity contribution in [3.63, 3.8) is 0 Å². The Balaban J connectivity index is 2.51. The first kappa shape index (κ1) is 18.3. The highest BCUT2D eigenvalue weighted by atomic mass is 35.5. The molecule has 0 bridgehead atoms. The van der Waals surface area contributed by atoms with Crippen LogP contribution in [0.5, 0.6) is 0 Å². The van der Waals surface area contributed by atoms with E-state index in [1.807, 2.05) is 0 Å². The Morgan fingerprint density at radius 1 is 1.14 bits per heavy atom. The number of amides is 3. The molecule has 0 aliphatic carbocycles. The van der Waals surface area contributed by atoms with Crippen molar-refractivity contribution in [2.75, 3.05) is 13.1 Å². The molecule has 120 valence electrons. The third kappa shape index (κ3) is 5.54. The van der Waals surface area contributed by atoms with Crippen LogP contribution in [-0.2, 0) is 9.59 Å². The second-order valence-corrected chi connectivity index (χ2v) is 5.36. The van der Waals surface area contributed by atoms with Crippen LogP contribution in [0.3, 0.4) is 0 Å². The summed E-state index contributed by atoms with van der Waals surface area (Å²) in [5, 5.41) is 8.08. The van der Waals surface area contributed by atoms with E-state index < -0.39 is 11.9 Å². The predicted molar refractivity (Wildman–Crippen MR) is 85.1 cm³/mol. The van der Waals surface area contributed by atoms with Gasteiger partial charge in [0, 0.05) is 20.0 Å². The molecular formula is C14H17Cl2N3O3. The maximum atomic E-state index is 12.1. The second-order valence-electron chi connectivity index (χ2n) is 4.57. The molecule has 6 nitrogen and oxygen atoms in total. The Morgan fingerprint density at radius 3 is 2.41 bits per heavy atom. The Morgan fingerprint density at radius 2 is 1.77 bits per heavy atom. The lowest BCUT2D eigenvalue weighted by Gasteiger charge is -2.15. The minimum Gasteiger partial charge on any atom is -0.355 e. The van der Waals surface area contributed by atoms with Crippen LogP contribution >= 0.6 is 23.2 Å². The summed E-state index contributed by atoms with van der Waals surface area (Å²) < 4.78 is 0. The summed E-state index contributed by atoms with van der Waals surface area (Å²) in [6, 6.07) is 3.94. The monoisotopic (exact) mass is 345 g/mol. The number of rotatable bonds is 6. The van der Waals surface area contributed by atoms with Crippen LogP contribution in [0.25, 0.3) is 0 Å². The molecule has 3 amide bonds. The van der Waals surface area contributed by atoms with Gasteiger partial charge in [-0.1, -0.05) is 29.3 Å². The number of carbonyl (C=O) groups is 3. The number of hydrogen-bond donors (Lipinski definition) is 3. The molecule has 0 heterocycles. The number of halogens is 2. The standard InChI is InChI=1S/C14H17Cl2N3O3/c1-8(13(21)18-7-6-17-9(2)20)19-14(22)10-4-3-5-11(15)12(10)16/h3-5,8H,6-7H2,1-2H3,(H,17,20)(H,18,21)(H,19,22)/t8-/m1/s1. The van der Waals surface area contributed by atoms with Crippen molar-refractivity contribution in [3.05, 3.63) is 33.8 Å². The predicted octanol–water partition coefficient (Wildman–Crippen LogP) is 1.36. The molecule has 8 heteroatoms. The average Bonchev–Trinajstić information content (AvgIpc) is 2.45. The summed E-state index contributed by atoms with van der Waals surface area (Å²) in [5.74, 6) is -1.03. The van der Waals surface area contributed by atoms with Gasteiger partial charge >= 0.3 is 0 Å². The SMILES string of the molecule is CC(=O)NCCNC(=O)[C@@H](C)NC(=O)c1cccc(Cl)c1Cl. The summed E-state index contributed by atoms with van der Waals surface area (Å²) in [5.41, 5.74) is 0.201. The molecule has 0 aliphatic heterocycles. The van der Waals surface area contributed by atoms with Gasteiger partial charge in [0.05, 0.1) is 15.6 Å². The van der Waals surface area contributed by atoms with Crippen LogP contribution in [0.1, 0.15) is 24.2 Å². The lowest BCUT2D eigenvalue weighted by Crippen LogP contribution is -2.46. The summed E-state index contributed by atoms with van der Waals surface area (Å²) in [7, 11) is 0.